The monoisotopic (exact) mass is 252 g/mol. The fourth-order valence-corrected chi connectivity index (χ4v) is 1.32. The SMILES string of the molecule is C=CCc1ccccc1N/N=C(\Cl)C(=O)OC. The third-order valence-electron chi connectivity index (χ3n) is 2.01. The molecule has 1 rings (SSSR count). The molecule has 0 atom stereocenters. The van der Waals surface area contributed by atoms with Crippen molar-refractivity contribution in [1.82, 2.24) is 0 Å². The number of carbonyl (C=O) groups is 1. The number of esters is 1. The Morgan fingerprint density at radius 3 is 2.94 bits per heavy atom. The second-order valence-corrected chi connectivity index (χ2v) is 3.51. The van der Waals surface area contributed by atoms with Crippen molar-refractivity contribution in [3.8, 4) is 0 Å². The molecule has 1 N–H and O–H groups in total. The lowest BCUT2D eigenvalue weighted by Crippen LogP contribution is -2.11. The standard InChI is InChI=1S/C12H13ClN2O2/c1-3-6-9-7-4-5-8-10(9)14-15-11(13)12(16)17-2/h3-5,7-8,14H,1,6H2,2H3/b15-11-. The highest BCUT2D eigenvalue weighted by atomic mass is 35.5. The number of hydrazone groups is 1. The van der Waals surface area contributed by atoms with Crippen LogP contribution in [-0.4, -0.2) is 18.2 Å². The van der Waals surface area contributed by atoms with Gasteiger partial charge >= 0.3 is 5.97 Å². The Balaban J connectivity index is 2.81. The third kappa shape index (κ3) is 3.92. The first kappa shape index (κ1) is 13.3. The van der Waals surface area contributed by atoms with Gasteiger partial charge in [0.25, 0.3) is 0 Å². The van der Waals surface area contributed by atoms with Gasteiger partial charge in [-0.25, -0.2) is 4.79 Å². The van der Waals surface area contributed by atoms with Crippen LogP contribution in [-0.2, 0) is 16.0 Å². The molecule has 0 heterocycles. The Kier molecular flexibility index (Phi) is 5.23. The lowest BCUT2D eigenvalue weighted by molar-refractivity contribution is -0.132. The van der Waals surface area contributed by atoms with E-state index in [1.54, 1.807) is 6.08 Å². The molecule has 0 aliphatic heterocycles. The maximum absolute atomic E-state index is 11.0. The second kappa shape index (κ2) is 6.70. The fourth-order valence-electron chi connectivity index (χ4n) is 1.20. The summed E-state index contributed by atoms with van der Waals surface area (Å²) in [6.45, 7) is 3.67. The van der Waals surface area contributed by atoms with E-state index in [0.29, 0.717) is 6.42 Å². The van der Waals surface area contributed by atoms with Gasteiger partial charge in [0.1, 0.15) is 0 Å². The van der Waals surface area contributed by atoms with E-state index >= 15 is 0 Å². The summed E-state index contributed by atoms with van der Waals surface area (Å²) >= 11 is 5.60. The first-order valence-corrected chi connectivity index (χ1v) is 5.33. The van der Waals surface area contributed by atoms with Gasteiger partial charge in [-0.15, -0.1) is 6.58 Å². The average Bonchev–Trinajstić information content (AvgIpc) is 2.36. The molecule has 0 fully saturated rings. The van der Waals surface area contributed by atoms with Crippen LogP contribution in [0, 0.1) is 0 Å². The van der Waals surface area contributed by atoms with E-state index in [2.05, 4.69) is 21.8 Å². The fraction of sp³-hybridized carbons (Fsp3) is 0.167. The van der Waals surface area contributed by atoms with Crippen molar-refractivity contribution in [3.05, 3.63) is 42.5 Å². The molecule has 0 spiro atoms. The zero-order valence-electron chi connectivity index (χ0n) is 9.44. The van der Waals surface area contributed by atoms with Gasteiger partial charge in [0, 0.05) is 0 Å². The minimum atomic E-state index is -0.680. The average molecular weight is 253 g/mol. The molecule has 0 aromatic heterocycles. The zero-order valence-corrected chi connectivity index (χ0v) is 10.2. The molecule has 5 heteroatoms. The second-order valence-electron chi connectivity index (χ2n) is 3.16. The van der Waals surface area contributed by atoms with Gasteiger partial charge < -0.3 is 4.74 Å². The Labute approximate surface area is 105 Å². The van der Waals surface area contributed by atoms with E-state index in [-0.39, 0.29) is 5.17 Å². The van der Waals surface area contributed by atoms with Crippen LogP contribution >= 0.6 is 11.6 Å². The topological polar surface area (TPSA) is 50.7 Å². The maximum Gasteiger partial charge on any atom is 0.370 e. The van der Waals surface area contributed by atoms with Crippen LogP contribution in [0.1, 0.15) is 5.56 Å². The van der Waals surface area contributed by atoms with Crippen LogP contribution in [0.3, 0.4) is 0 Å². The molecule has 0 saturated carbocycles. The van der Waals surface area contributed by atoms with Crippen LogP contribution in [0.4, 0.5) is 5.69 Å². The number of hydrogen-bond donors (Lipinski definition) is 1. The van der Waals surface area contributed by atoms with E-state index in [0.717, 1.165) is 11.3 Å². The lowest BCUT2D eigenvalue weighted by atomic mass is 10.1. The molecular formula is C12H13ClN2O2. The highest BCUT2D eigenvalue weighted by Crippen LogP contribution is 2.16. The van der Waals surface area contributed by atoms with Crippen LogP contribution in [0.15, 0.2) is 42.0 Å². The molecule has 0 aliphatic carbocycles. The number of rotatable bonds is 5. The molecule has 1 aromatic rings. The summed E-state index contributed by atoms with van der Waals surface area (Å²) in [5.41, 5.74) is 4.51. The summed E-state index contributed by atoms with van der Waals surface area (Å²) in [6.07, 6.45) is 2.49. The number of hydrogen-bond acceptors (Lipinski definition) is 4. The Morgan fingerprint density at radius 2 is 2.29 bits per heavy atom. The largest absolute Gasteiger partial charge is 0.464 e. The van der Waals surface area contributed by atoms with Gasteiger partial charge in [-0.05, 0) is 18.1 Å². The quantitative estimate of drug-likeness (QED) is 0.379. The Bertz CT molecular complexity index is 444. The minimum Gasteiger partial charge on any atom is -0.464 e. The van der Waals surface area contributed by atoms with Gasteiger partial charge in [-0.2, -0.15) is 5.10 Å². The number of ether oxygens (including phenoxy) is 1. The van der Waals surface area contributed by atoms with Crippen LogP contribution in [0.2, 0.25) is 0 Å². The zero-order chi connectivity index (χ0) is 12.7. The number of benzene rings is 1. The molecule has 0 amide bonds. The van der Waals surface area contributed by atoms with Crippen LogP contribution in [0.25, 0.3) is 0 Å². The van der Waals surface area contributed by atoms with E-state index in [1.165, 1.54) is 7.11 Å². The maximum atomic E-state index is 11.0. The van der Waals surface area contributed by atoms with E-state index in [1.807, 2.05) is 24.3 Å². The summed E-state index contributed by atoms with van der Waals surface area (Å²) in [5.74, 6) is -0.680. The van der Waals surface area contributed by atoms with Crippen LogP contribution < -0.4 is 5.43 Å². The molecule has 1 aromatic carbocycles. The smallest absolute Gasteiger partial charge is 0.370 e. The summed E-state index contributed by atoms with van der Waals surface area (Å²) < 4.78 is 4.42. The van der Waals surface area contributed by atoms with Crippen molar-refractivity contribution >= 4 is 28.4 Å². The number of carbonyl (C=O) groups excluding carboxylic acids is 1. The summed E-state index contributed by atoms with van der Waals surface area (Å²) in [5, 5.41) is 3.48. The van der Waals surface area contributed by atoms with E-state index < -0.39 is 5.97 Å². The number of methoxy groups -OCH3 is 1. The number of nitrogens with zero attached hydrogens (tertiary/aromatic N) is 1. The highest BCUT2D eigenvalue weighted by Gasteiger charge is 2.07. The third-order valence-corrected chi connectivity index (χ3v) is 2.25. The van der Waals surface area contributed by atoms with Gasteiger partial charge in [0.15, 0.2) is 0 Å². The lowest BCUT2D eigenvalue weighted by Gasteiger charge is -2.06. The highest BCUT2D eigenvalue weighted by molar-refractivity contribution is 6.82. The predicted octanol–water partition coefficient (Wildman–Crippen LogP) is 2.55. The number of nitrogens with one attached hydrogen (secondary N) is 1. The summed E-state index contributed by atoms with van der Waals surface area (Å²) in [6, 6.07) is 7.54. The number of para-hydroxylation sites is 1. The first-order chi connectivity index (χ1) is 8.19. The van der Waals surface area contributed by atoms with E-state index in [9.17, 15) is 4.79 Å². The van der Waals surface area contributed by atoms with Crippen molar-refractivity contribution in [2.75, 3.05) is 12.5 Å². The minimum absolute atomic E-state index is 0.249. The van der Waals surface area contributed by atoms with Crippen molar-refractivity contribution in [2.45, 2.75) is 6.42 Å². The predicted molar refractivity (Wildman–Crippen MR) is 69.3 cm³/mol. The van der Waals surface area contributed by atoms with Gasteiger partial charge in [0.05, 0.1) is 12.8 Å². The van der Waals surface area contributed by atoms with Gasteiger partial charge in [0.2, 0.25) is 5.17 Å². The van der Waals surface area contributed by atoms with E-state index in [4.69, 9.17) is 11.6 Å². The van der Waals surface area contributed by atoms with Crippen molar-refractivity contribution in [3.63, 3.8) is 0 Å². The number of halogens is 1. The van der Waals surface area contributed by atoms with Gasteiger partial charge in [-0.3, -0.25) is 5.43 Å². The Morgan fingerprint density at radius 1 is 1.59 bits per heavy atom. The molecule has 0 bridgehead atoms. The first-order valence-electron chi connectivity index (χ1n) is 4.95. The molecule has 4 nitrogen and oxygen atoms in total. The van der Waals surface area contributed by atoms with Crippen molar-refractivity contribution in [2.24, 2.45) is 5.10 Å². The molecule has 0 radical (unpaired) electrons. The van der Waals surface area contributed by atoms with Crippen molar-refractivity contribution < 1.29 is 9.53 Å². The van der Waals surface area contributed by atoms with Crippen LogP contribution in [0.5, 0.6) is 0 Å². The molecule has 17 heavy (non-hydrogen) atoms. The molecule has 0 saturated heterocycles. The molecule has 0 aliphatic rings. The Hall–Kier alpha value is -1.81. The number of allylic oxidation sites excluding steroid dienone is 1. The van der Waals surface area contributed by atoms with Crippen molar-refractivity contribution in [1.29, 1.82) is 0 Å². The van der Waals surface area contributed by atoms with Gasteiger partial charge in [-0.1, -0.05) is 35.9 Å². The normalized spacial score (nSPS) is 10.8. The molecular weight excluding hydrogens is 240 g/mol. The summed E-state index contributed by atoms with van der Waals surface area (Å²) in [7, 11) is 1.24. The number of anilines is 1. The summed E-state index contributed by atoms with van der Waals surface area (Å²) in [4.78, 5) is 11.0. The molecule has 90 valence electrons. The molecule has 0 unspecified atom stereocenters.